The van der Waals surface area contributed by atoms with Crippen LogP contribution in [0.3, 0.4) is 0 Å². The SMILES string of the molecule is CCSc1ccccc1NC1CCSc2c(F)cccc21. The predicted octanol–water partition coefficient (Wildman–Crippen LogP) is 5.59. The zero-order valence-corrected chi connectivity index (χ0v) is 13.6. The lowest BCUT2D eigenvalue weighted by Crippen LogP contribution is -2.17. The summed E-state index contributed by atoms with van der Waals surface area (Å²) < 4.78 is 13.9. The maximum absolute atomic E-state index is 13.9. The number of nitrogens with one attached hydrogen (secondary N) is 1. The van der Waals surface area contributed by atoms with Gasteiger partial charge in [0.2, 0.25) is 0 Å². The molecule has 110 valence electrons. The average Bonchev–Trinajstić information content (AvgIpc) is 2.51. The lowest BCUT2D eigenvalue weighted by Gasteiger charge is -2.27. The first-order valence-electron chi connectivity index (χ1n) is 7.19. The van der Waals surface area contributed by atoms with E-state index >= 15 is 0 Å². The highest BCUT2D eigenvalue weighted by Gasteiger charge is 2.23. The van der Waals surface area contributed by atoms with Gasteiger partial charge in [-0.2, -0.15) is 0 Å². The van der Waals surface area contributed by atoms with Gasteiger partial charge >= 0.3 is 0 Å². The summed E-state index contributed by atoms with van der Waals surface area (Å²) in [6.45, 7) is 2.16. The Morgan fingerprint density at radius 2 is 2.10 bits per heavy atom. The van der Waals surface area contributed by atoms with Crippen LogP contribution < -0.4 is 5.32 Å². The van der Waals surface area contributed by atoms with Gasteiger partial charge in [-0.05, 0) is 35.9 Å². The maximum Gasteiger partial charge on any atom is 0.137 e. The van der Waals surface area contributed by atoms with Crippen molar-refractivity contribution in [3.8, 4) is 0 Å². The summed E-state index contributed by atoms with van der Waals surface area (Å²) >= 11 is 3.46. The number of anilines is 1. The Morgan fingerprint density at radius 3 is 2.95 bits per heavy atom. The van der Waals surface area contributed by atoms with Gasteiger partial charge < -0.3 is 5.32 Å². The molecule has 0 bridgehead atoms. The van der Waals surface area contributed by atoms with Crippen molar-refractivity contribution in [1.82, 2.24) is 0 Å². The number of halogens is 1. The Balaban J connectivity index is 1.89. The standard InChI is InChI=1S/C17H18FNS2/c1-2-20-16-9-4-3-8-15(16)19-14-10-11-21-17-12(14)6-5-7-13(17)18/h3-9,14,19H,2,10-11H2,1H3. The number of para-hydroxylation sites is 1. The summed E-state index contributed by atoms with van der Waals surface area (Å²) in [5.74, 6) is 1.90. The fraction of sp³-hybridized carbons (Fsp3) is 0.294. The predicted molar refractivity (Wildman–Crippen MR) is 90.9 cm³/mol. The van der Waals surface area contributed by atoms with Gasteiger partial charge in [0.05, 0.1) is 6.04 Å². The number of hydrogen-bond donors (Lipinski definition) is 1. The van der Waals surface area contributed by atoms with E-state index in [4.69, 9.17) is 0 Å². The normalized spacial score (nSPS) is 17.3. The molecule has 0 saturated carbocycles. The van der Waals surface area contributed by atoms with Crippen molar-refractivity contribution < 1.29 is 4.39 Å². The molecule has 2 aromatic carbocycles. The molecule has 1 unspecified atom stereocenters. The molecule has 0 saturated heterocycles. The van der Waals surface area contributed by atoms with Crippen molar-refractivity contribution in [2.45, 2.75) is 29.2 Å². The van der Waals surface area contributed by atoms with Crippen LogP contribution in [0.2, 0.25) is 0 Å². The zero-order valence-electron chi connectivity index (χ0n) is 11.9. The van der Waals surface area contributed by atoms with Gasteiger partial charge in [-0.15, -0.1) is 23.5 Å². The molecule has 3 rings (SSSR count). The molecule has 0 aromatic heterocycles. The monoisotopic (exact) mass is 319 g/mol. The van der Waals surface area contributed by atoms with E-state index in [1.165, 1.54) is 4.90 Å². The molecule has 1 nitrogen and oxygen atoms in total. The summed E-state index contributed by atoms with van der Waals surface area (Å²) in [7, 11) is 0. The van der Waals surface area contributed by atoms with Crippen LogP contribution in [-0.4, -0.2) is 11.5 Å². The molecule has 0 spiro atoms. The molecule has 21 heavy (non-hydrogen) atoms. The Kier molecular flexibility index (Phi) is 4.76. The number of thioether (sulfide) groups is 2. The average molecular weight is 319 g/mol. The Hall–Kier alpha value is -1.13. The van der Waals surface area contributed by atoms with E-state index in [1.54, 1.807) is 23.9 Å². The van der Waals surface area contributed by atoms with Crippen LogP contribution in [0.5, 0.6) is 0 Å². The Morgan fingerprint density at radius 1 is 1.24 bits per heavy atom. The minimum Gasteiger partial charge on any atom is -0.377 e. The first kappa shape index (κ1) is 14.8. The van der Waals surface area contributed by atoms with E-state index in [-0.39, 0.29) is 11.9 Å². The molecule has 0 aliphatic carbocycles. The van der Waals surface area contributed by atoms with Crippen LogP contribution in [0, 0.1) is 5.82 Å². The topological polar surface area (TPSA) is 12.0 Å². The third kappa shape index (κ3) is 3.22. The summed E-state index contributed by atoms with van der Waals surface area (Å²) in [6.07, 6.45) is 1.02. The van der Waals surface area contributed by atoms with Crippen LogP contribution in [-0.2, 0) is 0 Å². The van der Waals surface area contributed by atoms with Crippen LogP contribution in [0.4, 0.5) is 10.1 Å². The molecule has 1 aliphatic heterocycles. The molecule has 2 aromatic rings. The largest absolute Gasteiger partial charge is 0.377 e. The third-order valence-corrected chi connectivity index (χ3v) is 5.66. The molecule has 1 N–H and O–H groups in total. The third-order valence-electron chi connectivity index (χ3n) is 3.54. The second kappa shape index (κ2) is 6.75. The summed E-state index contributed by atoms with van der Waals surface area (Å²) in [5.41, 5.74) is 2.24. The molecule has 0 amide bonds. The highest BCUT2D eigenvalue weighted by atomic mass is 32.2. The molecule has 1 aliphatic rings. The molecule has 1 heterocycles. The van der Waals surface area contributed by atoms with Crippen molar-refractivity contribution in [1.29, 1.82) is 0 Å². The van der Waals surface area contributed by atoms with Crippen LogP contribution >= 0.6 is 23.5 Å². The van der Waals surface area contributed by atoms with E-state index in [1.807, 2.05) is 23.9 Å². The second-order valence-corrected chi connectivity index (χ2v) is 7.33. The van der Waals surface area contributed by atoms with Crippen molar-refractivity contribution >= 4 is 29.2 Å². The van der Waals surface area contributed by atoms with Gasteiger partial charge in [0.15, 0.2) is 0 Å². The number of fused-ring (bicyclic) bond motifs is 1. The van der Waals surface area contributed by atoms with Gasteiger partial charge in [0, 0.05) is 21.2 Å². The fourth-order valence-corrected chi connectivity index (χ4v) is 4.50. The highest BCUT2D eigenvalue weighted by Crippen LogP contribution is 2.40. The minimum atomic E-state index is -0.0970. The molecule has 4 heteroatoms. The van der Waals surface area contributed by atoms with Gasteiger partial charge in [0.1, 0.15) is 5.82 Å². The van der Waals surface area contributed by atoms with Gasteiger partial charge in [-0.1, -0.05) is 31.2 Å². The number of benzene rings is 2. The number of hydrogen-bond acceptors (Lipinski definition) is 3. The smallest absolute Gasteiger partial charge is 0.137 e. The van der Waals surface area contributed by atoms with Crippen LogP contribution in [0.25, 0.3) is 0 Å². The summed E-state index contributed by atoms with van der Waals surface area (Å²) in [5, 5.41) is 3.62. The first-order chi connectivity index (χ1) is 10.3. The van der Waals surface area contributed by atoms with E-state index in [0.29, 0.717) is 0 Å². The maximum atomic E-state index is 13.9. The van der Waals surface area contributed by atoms with Crippen LogP contribution in [0.15, 0.2) is 52.3 Å². The minimum absolute atomic E-state index is 0.0970. The van der Waals surface area contributed by atoms with Gasteiger partial charge in [-0.25, -0.2) is 4.39 Å². The summed E-state index contributed by atoms with van der Waals surface area (Å²) in [4.78, 5) is 2.07. The van der Waals surface area contributed by atoms with Crippen molar-refractivity contribution in [2.24, 2.45) is 0 Å². The first-order valence-corrected chi connectivity index (χ1v) is 9.16. The van der Waals surface area contributed by atoms with Gasteiger partial charge in [-0.3, -0.25) is 0 Å². The Bertz CT molecular complexity index is 630. The molecule has 1 atom stereocenters. The van der Waals surface area contributed by atoms with Crippen LogP contribution in [0.1, 0.15) is 24.9 Å². The van der Waals surface area contributed by atoms with E-state index in [9.17, 15) is 4.39 Å². The summed E-state index contributed by atoms with van der Waals surface area (Å²) in [6, 6.07) is 13.9. The fourth-order valence-electron chi connectivity index (χ4n) is 2.59. The number of rotatable bonds is 4. The van der Waals surface area contributed by atoms with Crippen molar-refractivity contribution in [2.75, 3.05) is 16.8 Å². The van der Waals surface area contributed by atoms with E-state index in [2.05, 4.69) is 30.4 Å². The lowest BCUT2D eigenvalue weighted by atomic mass is 10.0. The van der Waals surface area contributed by atoms with Gasteiger partial charge in [0.25, 0.3) is 0 Å². The Labute approximate surface area is 133 Å². The van der Waals surface area contributed by atoms with Crippen molar-refractivity contribution in [3.05, 3.63) is 53.8 Å². The molecular formula is C17H18FNS2. The zero-order chi connectivity index (χ0) is 14.7. The molecule has 0 fully saturated rings. The van der Waals surface area contributed by atoms with E-state index < -0.39 is 0 Å². The quantitative estimate of drug-likeness (QED) is 0.738. The second-order valence-electron chi connectivity index (χ2n) is 4.92. The molecular weight excluding hydrogens is 301 g/mol. The molecule has 0 radical (unpaired) electrons. The lowest BCUT2D eigenvalue weighted by molar-refractivity contribution is 0.585. The van der Waals surface area contributed by atoms with Crippen molar-refractivity contribution in [3.63, 3.8) is 0 Å². The highest BCUT2D eigenvalue weighted by molar-refractivity contribution is 7.99. The van der Waals surface area contributed by atoms with E-state index in [0.717, 1.165) is 34.1 Å².